The summed E-state index contributed by atoms with van der Waals surface area (Å²) in [5.41, 5.74) is 0.646. The van der Waals surface area contributed by atoms with Crippen molar-refractivity contribution in [3.05, 3.63) is 0 Å². The van der Waals surface area contributed by atoms with Crippen molar-refractivity contribution in [2.45, 2.75) is 77.4 Å². The van der Waals surface area contributed by atoms with Crippen LogP contribution >= 0.6 is 0 Å². The lowest BCUT2D eigenvalue weighted by molar-refractivity contribution is 0.0187. The van der Waals surface area contributed by atoms with E-state index in [1.54, 1.807) is 0 Å². The van der Waals surface area contributed by atoms with Crippen molar-refractivity contribution in [2.75, 3.05) is 13.1 Å². The van der Waals surface area contributed by atoms with Crippen molar-refractivity contribution in [2.24, 2.45) is 11.3 Å². The van der Waals surface area contributed by atoms with Crippen LogP contribution in [0.3, 0.4) is 0 Å². The Bertz CT molecular complexity index is 285. The summed E-state index contributed by atoms with van der Waals surface area (Å²) in [4.78, 5) is 2.90. The van der Waals surface area contributed by atoms with Gasteiger partial charge in [0.25, 0.3) is 0 Å². The third kappa shape index (κ3) is 2.46. The molecule has 2 saturated heterocycles. The van der Waals surface area contributed by atoms with E-state index in [4.69, 9.17) is 0 Å². The molecule has 0 aromatic carbocycles. The number of hydrogen-bond acceptors (Lipinski definition) is 2. The summed E-state index contributed by atoms with van der Waals surface area (Å²) in [6.07, 6.45) is 8.63. The first-order chi connectivity index (χ1) is 8.60. The van der Waals surface area contributed by atoms with Crippen LogP contribution in [0.15, 0.2) is 0 Å². The van der Waals surface area contributed by atoms with Crippen molar-refractivity contribution in [3.8, 4) is 0 Å². The smallest absolute Gasteiger partial charge is 0.0113 e. The molecule has 18 heavy (non-hydrogen) atoms. The van der Waals surface area contributed by atoms with Crippen molar-refractivity contribution in [1.82, 2.24) is 10.2 Å². The Morgan fingerprint density at radius 3 is 2.28 bits per heavy atom. The first-order valence-corrected chi connectivity index (χ1v) is 8.09. The first kappa shape index (κ1) is 12.9. The fraction of sp³-hybridized carbons (Fsp3) is 1.00. The van der Waals surface area contributed by atoms with Crippen LogP contribution in [0.1, 0.15) is 59.3 Å². The van der Waals surface area contributed by atoms with E-state index in [1.165, 1.54) is 45.1 Å². The van der Waals surface area contributed by atoms with Gasteiger partial charge in [0.15, 0.2) is 0 Å². The molecule has 2 heteroatoms. The maximum atomic E-state index is 3.69. The van der Waals surface area contributed by atoms with E-state index in [9.17, 15) is 0 Å². The fourth-order valence-corrected chi connectivity index (χ4v) is 4.37. The third-order valence-corrected chi connectivity index (χ3v) is 5.77. The molecular weight excluding hydrogens is 220 g/mol. The lowest BCUT2D eigenvalue weighted by atomic mass is 9.81. The van der Waals surface area contributed by atoms with Gasteiger partial charge in [0.1, 0.15) is 0 Å². The number of fused-ring (bicyclic) bond motifs is 2. The number of nitrogens with one attached hydrogen (secondary N) is 1. The standard InChI is InChI=1S/C16H30N2/c1-4-17-13-8-14-6-5-7-15(9-13)18(14)11-12-10-16(12,2)3/h12-15,17H,4-11H2,1-3H3. The number of rotatable bonds is 4. The molecular formula is C16H30N2. The molecule has 0 radical (unpaired) electrons. The van der Waals surface area contributed by atoms with Crippen LogP contribution in [-0.2, 0) is 0 Å². The molecule has 3 rings (SSSR count). The maximum Gasteiger partial charge on any atom is 0.0113 e. The molecule has 1 aliphatic carbocycles. The Labute approximate surface area is 113 Å². The molecule has 2 bridgehead atoms. The summed E-state index contributed by atoms with van der Waals surface area (Å²) in [6.45, 7) is 9.66. The molecule has 2 heterocycles. The number of hydrogen-bond donors (Lipinski definition) is 1. The van der Waals surface area contributed by atoms with Crippen LogP contribution < -0.4 is 5.32 Å². The molecule has 0 spiro atoms. The zero-order chi connectivity index (χ0) is 12.8. The highest BCUT2D eigenvalue weighted by Gasteiger charge is 2.49. The van der Waals surface area contributed by atoms with Crippen LogP contribution in [0, 0.1) is 11.3 Å². The Morgan fingerprint density at radius 2 is 1.78 bits per heavy atom. The van der Waals surface area contributed by atoms with Gasteiger partial charge in [-0.2, -0.15) is 0 Å². The van der Waals surface area contributed by atoms with Crippen LogP contribution in [-0.4, -0.2) is 36.1 Å². The Hall–Kier alpha value is -0.0800. The Balaban J connectivity index is 1.61. The maximum absolute atomic E-state index is 3.69. The second-order valence-electron chi connectivity index (χ2n) is 7.55. The predicted molar refractivity (Wildman–Crippen MR) is 76.7 cm³/mol. The molecule has 0 aromatic rings. The highest BCUT2D eigenvalue weighted by atomic mass is 15.2. The number of piperidine rings is 2. The predicted octanol–water partition coefficient (Wildman–Crippen LogP) is 3.03. The summed E-state index contributed by atoms with van der Waals surface area (Å²) in [5, 5.41) is 3.69. The Morgan fingerprint density at radius 1 is 1.17 bits per heavy atom. The molecule has 1 saturated carbocycles. The quantitative estimate of drug-likeness (QED) is 0.825. The van der Waals surface area contributed by atoms with Crippen molar-refractivity contribution in [1.29, 1.82) is 0 Å². The van der Waals surface area contributed by atoms with E-state index in [0.29, 0.717) is 5.41 Å². The van der Waals surface area contributed by atoms with Gasteiger partial charge < -0.3 is 5.32 Å². The normalized spacial score (nSPS) is 42.8. The van der Waals surface area contributed by atoms with E-state index >= 15 is 0 Å². The van der Waals surface area contributed by atoms with Gasteiger partial charge in [-0.15, -0.1) is 0 Å². The SMILES string of the molecule is CCNC1CC2CCCC(C1)N2CC1CC1(C)C. The molecule has 104 valence electrons. The molecule has 2 aliphatic heterocycles. The van der Waals surface area contributed by atoms with Gasteiger partial charge in [0, 0.05) is 24.7 Å². The van der Waals surface area contributed by atoms with Crippen LogP contribution in [0.5, 0.6) is 0 Å². The Kier molecular flexibility index (Phi) is 3.44. The van der Waals surface area contributed by atoms with Gasteiger partial charge >= 0.3 is 0 Å². The zero-order valence-electron chi connectivity index (χ0n) is 12.4. The summed E-state index contributed by atoms with van der Waals surface area (Å²) < 4.78 is 0. The van der Waals surface area contributed by atoms with Crippen molar-refractivity contribution >= 4 is 0 Å². The lowest BCUT2D eigenvalue weighted by Crippen LogP contribution is -2.56. The van der Waals surface area contributed by atoms with Gasteiger partial charge in [0.05, 0.1) is 0 Å². The third-order valence-electron chi connectivity index (χ3n) is 5.77. The van der Waals surface area contributed by atoms with Gasteiger partial charge in [0.2, 0.25) is 0 Å². The molecule has 0 aromatic heterocycles. The molecule has 3 atom stereocenters. The average Bonchev–Trinajstić information content (AvgIpc) is 2.87. The number of nitrogens with zero attached hydrogens (tertiary/aromatic N) is 1. The minimum absolute atomic E-state index is 0.646. The topological polar surface area (TPSA) is 15.3 Å². The molecule has 3 fully saturated rings. The summed E-state index contributed by atoms with van der Waals surface area (Å²) in [6, 6.07) is 2.57. The van der Waals surface area contributed by atoms with E-state index in [0.717, 1.165) is 30.6 Å². The van der Waals surface area contributed by atoms with Gasteiger partial charge in [-0.25, -0.2) is 0 Å². The second kappa shape index (κ2) is 4.79. The zero-order valence-corrected chi connectivity index (χ0v) is 12.4. The fourth-order valence-electron chi connectivity index (χ4n) is 4.37. The van der Waals surface area contributed by atoms with Crippen LogP contribution in [0.25, 0.3) is 0 Å². The van der Waals surface area contributed by atoms with Gasteiger partial charge in [-0.05, 0) is 50.0 Å². The van der Waals surface area contributed by atoms with Gasteiger partial charge in [-0.3, -0.25) is 4.90 Å². The van der Waals surface area contributed by atoms with E-state index < -0.39 is 0 Å². The van der Waals surface area contributed by atoms with Crippen LogP contribution in [0.2, 0.25) is 0 Å². The van der Waals surface area contributed by atoms with Crippen molar-refractivity contribution in [3.63, 3.8) is 0 Å². The van der Waals surface area contributed by atoms with E-state index in [2.05, 4.69) is 31.0 Å². The molecule has 1 N–H and O–H groups in total. The minimum atomic E-state index is 0.646. The minimum Gasteiger partial charge on any atom is -0.314 e. The molecule has 3 aliphatic rings. The highest BCUT2D eigenvalue weighted by Crippen LogP contribution is 2.53. The van der Waals surface area contributed by atoms with E-state index in [-0.39, 0.29) is 0 Å². The molecule has 0 amide bonds. The van der Waals surface area contributed by atoms with Crippen molar-refractivity contribution < 1.29 is 0 Å². The molecule has 2 nitrogen and oxygen atoms in total. The first-order valence-electron chi connectivity index (χ1n) is 8.09. The summed E-state index contributed by atoms with van der Waals surface area (Å²) >= 11 is 0. The summed E-state index contributed by atoms with van der Waals surface area (Å²) in [5.74, 6) is 0.983. The lowest BCUT2D eigenvalue weighted by Gasteiger charge is -2.49. The van der Waals surface area contributed by atoms with Crippen LogP contribution in [0.4, 0.5) is 0 Å². The average molecular weight is 250 g/mol. The van der Waals surface area contributed by atoms with E-state index in [1.807, 2.05) is 0 Å². The largest absolute Gasteiger partial charge is 0.314 e. The second-order valence-corrected chi connectivity index (χ2v) is 7.55. The summed E-state index contributed by atoms with van der Waals surface area (Å²) in [7, 11) is 0. The molecule has 3 unspecified atom stereocenters. The highest BCUT2D eigenvalue weighted by molar-refractivity contribution is 5.01. The van der Waals surface area contributed by atoms with Gasteiger partial charge in [-0.1, -0.05) is 27.2 Å². The monoisotopic (exact) mass is 250 g/mol.